The van der Waals surface area contributed by atoms with Crippen LogP contribution in [0.5, 0.6) is 0 Å². The minimum absolute atomic E-state index is 0.203. The summed E-state index contributed by atoms with van der Waals surface area (Å²) >= 11 is 6.23. The number of aryl methyl sites for hydroxylation is 1. The standard InChI is InChI=1S/C21H17ClFN3O2/c1-25-20(19(22)10-24-25)14-5-6-18-15(9-14)11-26(21(18)28)17(12-27)8-13-3-2-4-16(23)7-13/h2-7,9-10,12,17H,8,11H2,1H3. The Balaban J connectivity index is 1.62. The molecule has 5 nitrogen and oxygen atoms in total. The van der Waals surface area contributed by atoms with Crippen LogP contribution in [0.25, 0.3) is 11.3 Å². The second kappa shape index (κ2) is 7.20. The van der Waals surface area contributed by atoms with Crippen LogP contribution in [-0.4, -0.2) is 32.9 Å². The Hall–Kier alpha value is -2.99. The molecule has 0 bridgehead atoms. The van der Waals surface area contributed by atoms with E-state index in [1.165, 1.54) is 17.0 Å². The first-order valence-electron chi connectivity index (χ1n) is 8.79. The number of nitrogens with zero attached hydrogens (tertiary/aromatic N) is 3. The number of hydrogen-bond donors (Lipinski definition) is 0. The second-order valence-electron chi connectivity index (χ2n) is 6.81. The average molecular weight is 398 g/mol. The van der Waals surface area contributed by atoms with Gasteiger partial charge >= 0.3 is 0 Å². The van der Waals surface area contributed by atoms with Crippen molar-refractivity contribution in [1.29, 1.82) is 0 Å². The van der Waals surface area contributed by atoms with Crippen molar-refractivity contribution in [3.05, 3.63) is 76.2 Å². The number of aldehydes is 1. The fourth-order valence-electron chi connectivity index (χ4n) is 3.63. The molecular formula is C21H17ClFN3O2. The van der Waals surface area contributed by atoms with Crippen LogP contribution >= 0.6 is 11.6 Å². The lowest BCUT2D eigenvalue weighted by molar-refractivity contribution is -0.111. The molecule has 2 aromatic carbocycles. The summed E-state index contributed by atoms with van der Waals surface area (Å²) in [5.74, 6) is -0.568. The molecule has 0 saturated heterocycles. The highest BCUT2D eigenvalue weighted by Gasteiger charge is 2.33. The number of aromatic nitrogens is 2. The van der Waals surface area contributed by atoms with Crippen LogP contribution in [0.2, 0.25) is 5.02 Å². The van der Waals surface area contributed by atoms with E-state index in [2.05, 4.69) is 5.10 Å². The van der Waals surface area contributed by atoms with Crippen molar-refractivity contribution in [2.24, 2.45) is 7.05 Å². The first-order chi connectivity index (χ1) is 13.5. The lowest BCUT2D eigenvalue weighted by atomic mass is 10.0. The molecule has 1 aromatic heterocycles. The zero-order valence-electron chi connectivity index (χ0n) is 15.1. The molecule has 0 saturated carbocycles. The van der Waals surface area contributed by atoms with Crippen molar-refractivity contribution in [3.8, 4) is 11.3 Å². The van der Waals surface area contributed by atoms with Crippen molar-refractivity contribution in [2.75, 3.05) is 0 Å². The van der Waals surface area contributed by atoms with Gasteiger partial charge in [0, 0.05) is 24.7 Å². The van der Waals surface area contributed by atoms with Crippen LogP contribution in [0.3, 0.4) is 0 Å². The quantitative estimate of drug-likeness (QED) is 0.617. The summed E-state index contributed by atoms with van der Waals surface area (Å²) in [4.78, 5) is 26.1. The van der Waals surface area contributed by atoms with Crippen LogP contribution in [-0.2, 0) is 24.8 Å². The Morgan fingerprint density at radius 3 is 2.79 bits per heavy atom. The normalized spacial score (nSPS) is 14.2. The van der Waals surface area contributed by atoms with Crippen molar-refractivity contribution in [3.63, 3.8) is 0 Å². The van der Waals surface area contributed by atoms with Crippen molar-refractivity contribution < 1.29 is 14.0 Å². The van der Waals surface area contributed by atoms with E-state index in [4.69, 9.17) is 11.6 Å². The summed E-state index contributed by atoms with van der Waals surface area (Å²) in [7, 11) is 1.80. The molecule has 2 heterocycles. The number of hydrogen-bond acceptors (Lipinski definition) is 3. The molecule has 0 N–H and O–H groups in total. The number of amides is 1. The van der Waals surface area contributed by atoms with Gasteiger partial charge in [-0.3, -0.25) is 9.48 Å². The smallest absolute Gasteiger partial charge is 0.255 e. The zero-order valence-corrected chi connectivity index (χ0v) is 15.9. The molecule has 142 valence electrons. The van der Waals surface area contributed by atoms with Gasteiger partial charge in [0.25, 0.3) is 5.91 Å². The van der Waals surface area contributed by atoms with Gasteiger partial charge in [0.1, 0.15) is 12.1 Å². The van der Waals surface area contributed by atoms with Crippen molar-refractivity contribution in [1.82, 2.24) is 14.7 Å². The van der Waals surface area contributed by atoms with E-state index in [9.17, 15) is 14.0 Å². The third-order valence-corrected chi connectivity index (χ3v) is 5.27. The largest absolute Gasteiger partial charge is 0.324 e. The second-order valence-corrected chi connectivity index (χ2v) is 7.21. The molecule has 1 atom stereocenters. The van der Waals surface area contributed by atoms with Crippen LogP contribution in [0.15, 0.2) is 48.7 Å². The summed E-state index contributed by atoms with van der Waals surface area (Å²) in [6.45, 7) is 0.316. The Morgan fingerprint density at radius 2 is 2.11 bits per heavy atom. The molecule has 0 radical (unpaired) electrons. The minimum Gasteiger partial charge on any atom is -0.324 e. The molecule has 0 fully saturated rings. The Bertz CT molecular complexity index is 1060. The number of fused-ring (bicyclic) bond motifs is 1. The van der Waals surface area contributed by atoms with Gasteiger partial charge < -0.3 is 9.69 Å². The van der Waals surface area contributed by atoms with Crippen molar-refractivity contribution >= 4 is 23.8 Å². The van der Waals surface area contributed by atoms with Gasteiger partial charge in [-0.2, -0.15) is 5.10 Å². The maximum Gasteiger partial charge on any atom is 0.255 e. The molecular weight excluding hydrogens is 381 g/mol. The molecule has 28 heavy (non-hydrogen) atoms. The third-order valence-electron chi connectivity index (χ3n) is 5.00. The van der Waals surface area contributed by atoms with Crippen LogP contribution in [0.4, 0.5) is 4.39 Å². The van der Waals surface area contributed by atoms with E-state index in [-0.39, 0.29) is 18.1 Å². The number of halogens is 2. The molecule has 1 amide bonds. The Labute approximate surface area is 166 Å². The summed E-state index contributed by atoms with van der Waals surface area (Å²) in [6.07, 6.45) is 2.58. The maximum atomic E-state index is 13.4. The monoisotopic (exact) mass is 397 g/mol. The number of rotatable bonds is 5. The maximum absolute atomic E-state index is 13.4. The van der Waals surface area contributed by atoms with E-state index in [1.54, 1.807) is 36.1 Å². The molecule has 1 unspecified atom stereocenters. The lowest BCUT2D eigenvalue weighted by Crippen LogP contribution is -2.38. The molecule has 4 rings (SSSR count). The summed E-state index contributed by atoms with van der Waals surface area (Å²) < 4.78 is 15.1. The summed E-state index contributed by atoms with van der Waals surface area (Å²) in [6, 6.07) is 10.9. The van der Waals surface area contributed by atoms with E-state index in [0.717, 1.165) is 23.1 Å². The number of carbonyl (C=O) groups excluding carboxylic acids is 2. The molecule has 7 heteroatoms. The summed E-state index contributed by atoms with van der Waals surface area (Å²) in [5, 5.41) is 4.67. The Kier molecular flexibility index (Phi) is 4.73. The predicted molar refractivity (Wildman–Crippen MR) is 103 cm³/mol. The van der Waals surface area contributed by atoms with E-state index < -0.39 is 6.04 Å². The first kappa shape index (κ1) is 18.4. The molecule has 1 aliphatic heterocycles. The summed E-state index contributed by atoms with van der Waals surface area (Å²) in [5.41, 5.74) is 3.68. The van der Waals surface area contributed by atoms with E-state index in [1.807, 2.05) is 12.1 Å². The van der Waals surface area contributed by atoms with E-state index in [0.29, 0.717) is 22.7 Å². The highest BCUT2D eigenvalue weighted by atomic mass is 35.5. The highest BCUT2D eigenvalue weighted by Crippen LogP contribution is 2.32. The van der Waals surface area contributed by atoms with Crippen LogP contribution < -0.4 is 0 Å². The van der Waals surface area contributed by atoms with E-state index >= 15 is 0 Å². The van der Waals surface area contributed by atoms with Gasteiger partial charge in [0.15, 0.2) is 0 Å². The van der Waals surface area contributed by atoms with Gasteiger partial charge in [-0.05, 0) is 41.8 Å². The molecule has 3 aromatic rings. The molecule has 1 aliphatic rings. The number of benzene rings is 2. The predicted octanol–water partition coefficient (Wildman–Crippen LogP) is 3.65. The SMILES string of the molecule is Cn1ncc(Cl)c1-c1ccc2c(c1)CN(C(C=O)Cc1cccc(F)c1)C2=O. The molecule has 0 spiro atoms. The molecule has 0 aliphatic carbocycles. The first-order valence-corrected chi connectivity index (χ1v) is 9.17. The lowest BCUT2D eigenvalue weighted by Gasteiger charge is -2.23. The highest BCUT2D eigenvalue weighted by molar-refractivity contribution is 6.33. The minimum atomic E-state index is -0.662. The van der Waals surface area contributed by atoms with Gasteiger partial charge in [-0.15, -0.1) is 0 Å². The van der Waals surface area contributed by atoms with Gasteiger partial charge in [-0.25, -0.2) is 4.39 Å². The van der Waals surface area contributed by atoms with Gasteiger partial charge in [0.2, 0.25) is 0 Å². The van der Waals surface area contributed by atoms with Crippen LogP contribution in [0.1, 0.15) is 21.5 Å². The van der Waals surface area contributed by atoms with Crippen LogP contribution in [0, 0.1) is 5.82 Å². The average Bonchev–Trinajstić information content (AvgIpc) is 3.18. The third kappa shape index (κ3) is 3.20. The van der Waals surface area contributed by atoms with Crippen molar-refractivity contribution in [2.45, 2.75) is 19.0 Å². The topological polar surface area (TPSA) is 55.2 Å². The van der Waals surface area contributed by atoms with Gasteiger partial charge in [-0.1, -0.05) is 29.8 Å². The number of carbonyl (C=O) groups is 2. The fraction of sp³-hybridized carbons (Fsp3) is 0.190. The fourth-order valence-corrected chi connectivity index (χ4v) is 3.91. The Morgan fingerprint density at radius 1 is 1.29 bits per heavy atom. The van der Waals surface area contributed by atoms with Gasteiger partial charge in [0.05, 0.1) is 23.0 Å². The zero-order chi connectivity index (χ0) is 19.8.